The molecular weight excluding hydrogens is 234 g/mol. The van der Waals surface area contributed by atoms with Crippen LogP contribution in [0, 0.1) is 0 Å². The number of ether oxygens (including phenoxy) is 1. The molecule has 1 aliphatic rings. The van der Waals surface area contributed by atoms with E-state index in [9.17, 15) is 4.79 Å². The Morgan fingerprint density at radius 3 is 3.06 bits per heavy atom. The van der Waals surface area contributed by atoms with Gasteiger partial charge in [-0.3, -0.25) is 4.79 Å². The van der Waals surface area contributed by atoms with Gasteiger partial charge in [-0.1, -0.05) is 12.1 Å². The molecular formula is C13H17NO2S. The highest BCUT2D eigenvalue weighted by Gasteiger charge is 2.17. The Kier molecular flexibility index (Phi) is 4.31. The zero-order valence-electron chi connectivity index (χ0n) is 9.94. The first-order valence-electron chi connectivity index (χ1n) is 5.84. The van der Waals surface area contributed by atoms with Gasteiger partial charge in [-0.05, 0) is 30.7 Å². The smallest absolute Gasteiger partial charge is 0.255 e. The second-order valence-corrected chi connectivity index (χ2v) is 5.45. The fourth-order valence-electron chi connectivity index (χ4n) is 1.94. The number of carbonyl (C=O) groups is 1. The van der Waals surface area contributed by atoms with Crippen molar-refractivity contribution in [3.05, 3.63) is 29.8 Å². The Bertz CT molecular complexity index is 389. The summed E-state index contributed by atoms with van der Waals surface area (Å²) < 4.78 is 5.17. The molecule has 1 heterocycles. The Morgan fingerprint density at radius 2 is 2.35 bits per heavy atom. The van der Waals surface area contributed by atoms with Crippen LogP contribution in [-0.4, -0.2) is 30.6 Å². The number of carbonyl (C=O) groups excluding carboxylic acids is 1. The predicted molar refractivity (Wildman–Crippen MR) is 70.8 cm³/mol. The molecule has 4 heteroatoms. The lowest BCUT2D eigenvalue weighted by Crippen LogP contribution is -2.29. The number of hydrogen-bond acceptors (Lipinski definition) is 3. The molecule has 1 unspecified atom stereocenters. The fourth-order valence-corrected chi connectivity index (χ4v) is 3.14. The summed E-state index contributed by atoms with van der Waals surface area (Å²) in [5.41, 5.74) is 0.609. The number of para-hydroxylation sites is 1. The summed E-state index contributed by atoms with van der Waals surface area (Å²) in [6, 6.07) is 7.30. The number of amides is 1. The molecule has 1 N–H and O–H groups in total. The first kappa shape index (κ1) is 12.3. The van der Waals surface area contributed by atoms with E-state index in [1.165, 1.54) is 18.6 Å². The van der Waals surface area contributed by atoms with E-state index in [1.807, 2.05) is 23.9 Å². The van der Waals surface area contributed by atoms with Gasteiger partial charge in [0.1, 0.15) is 5.75 Å². The number of nitrogens with one attached hydrogen (secondary N) is 1. The minimum absolute atomic E-state index is 0.0463. The van der Waals surface area contributed by atoms with Crippen molar-refractivity contribution in [2.75, 3.05) is 19.4 Å². The van der Waals surface area contributed by atoms with Crippen LogP contribution in [0.25, 0.3) is 0 Å². The average molecular weight is 251 g/mol. The highest BCUT2D eigenvalue weighted by Crippen LogP contribution is 2.25. The second-order valence-electron chi connectivity index (χ2n) is 4.05. The molecule has 92 valence electrons. The first-order valence-corrected chi connectivity index (χ1v) is 6.89. The molecule has 0 aromatic heterocycles. The highest BCUT2D eigenvalue weighted by molar-refractivity contribution is 8.00. The molecule has 17 heavy (non-hydrogen) atoms. The largest absolute Gasteiger partial charge is 0.496 e. The normalized spacial score (nSPS) is 19.0. The summed E-state index contributed by atoms with van der Waals surface area (Å²) >= 11 is 1.94. The van der Waals surface area contributed by atoms with E-state index in [0.717, 1.165) is 6.54 Å². The van der Waals surface area contributed by atoms with Crippen LogP contribution in [0.3, 0.4) is 0 Å². The molecule has 1 saturated heterocycles. The summed E-state index contributed by atoms with van der Waals surface area (Å²) in [6.07, 6.45) is 2.47. The van der Waals surface area contributed by atoms with Crippen LogP contribution in [0.4, 0.5) is 0 Å². The van der Waals surface area contributed by atoms with Crippen LogP contribution in [0.1, 0.15) is 23.2 Å². The molecule has 0 aliphatic carbocycles. The molecule has 1 fully saturated rings. The lowest BCUT2D eigenvalue weighted by Gasteiger charge is -2.12. The van der Waals surface area contributed by atoms with E-state index in [0.29, 0.717) is 16.6 Å². The van der Waals surface area contributed by atoms with Crippen LogP contribution in [-0.2, 0) is 0 Å². The van der Waals surface area contributed by atoms with E-state index >= 15 is 0 Å². The van der Waals surface area contributed by atoms with E-state index < -0.39 is 0 Å². The zero-order valence-corrected chi connectivity index (χ0v) is 10.8. The molecule has 1 aromatic carbocycles. The van der Waals surface area contributed by atoms with Crippen molar-refractivity contribution >= 4 is 17.7 Å². The summed E-state index contributed by atoms with van der Waals surface area (Å²) in [6.45, 7) is 0.752. The third kappa shape index (κ3) is 3.16. The van der Waals surface area contributed by atoms with Crippen LogP contribution < -0.4 is 10.1 Å². The Balaban J connectivity index is 1.94. The second kappa shape index (κ2) is 5.96. The van der Waals surface area contributed by atoms with Gasteiger partial charge in [-0.2, -0.15) is 11.8 Å². The van der Waals surface area contributed by atoms with Crippen LogP contribution in [0.2, 0.25) is 0 Å². The maximum atomic E-state index is 12.0. The lowest BCUT2D eigenvalue weighted by atomic mass is 10.2. The SMILES string of the molecule is COc1ccccc1C(=O)NCC1CCCS1. The van der Waals surface area contributed by atoms with E-state index in [1.54, 1.807) is 19.2 Å². The molecule has 1 aliphatic heterocycles. The molecule has 0 spiro atoms. The van der Waals surface area contributed by atoms with Crippen LogP contribution in [0.15, 0.2) is 24.3 Å². The molecule has 1 amide bonds. The topological polar surface area (TPSA) is 38.3 Å². The molecule has 0 radical (unpaired) electrons. The van der Waals surface area contributed by atoms with Gasteiger partial charge in [0.2, 0.25) is 0 Å². The van der Waals surface area contributed by atoms with E-state index in [4.69, 9.17) is 4.74 Å². The third-order valence-corrected chi connectivity index (χ3v) is 4.26. The number of benzene rings is 1. The summed E-state index contributed by atoms with van der Waals surface area (Å²) in [4.78, 5) is 12.0. The maximum absolute atomic E-state index is 12.0. The number of hydrogen-bond donors (Lipinski definition) is 1. The van der Waals surface area contributed by atoms with Crippen LogP contribution in [0.5, 0.6) is 5.75 Å². The predicted octanol–water partition coefficient (Wildman–Crippen LogP) is 2.32. The Hall–Kier alpha value is -1.16. The summed E-state index contributed by atoms with van der Waals surface area (Å²) in [5, 5.41) is 3.55. The third-order valence-electron chi connectivity index (χ3n) is 2.87. The molecule has 0 bridgehead atoms. The number of rotatable bonds is 4. The van der Waals surface area contributed by atoms with Gasteiger partial charge in [-0.25, -0.2) is 0 Å². The van der Waals surface area contributed by atoms with Crippen molar-refractivity contribution in [3.8, 4) is 5.75 Å². The van der Waals surface area contributed by atoms with Gasteiger partial charge in [0.05, 0.1) is 12.7 Å². The Morgan fingerprint density at radius 1 is 1.53 bits per heavy atom. The van der Waals surface area contributed by atoms with Gasteiger partial charge in [-0.15, -0.1) is 0 Å². The van der Waals surface area contributed by atoms with Gasteiger partial charge < -0.3 is 10.1 Å². The fraction of sp³-hybridized carbons (Fsp3) is 0.462. The van der Waals surface area contributed by atoms with Gasteiger partial charge in [0.25, 0.3) is 5.91 Å². The standard InChI is InChI=1S/C13H17NO2S/c1-16-12-7-3-2-6-11(12)13(15)14-9-10-5-4-8-17-10/h2-3,6-7,10H,4-5,8-9H2,1H3,(H,14,15). The summed E-state index contributed by atoms with van der Waals surface area (Å²) in [7, 11) is 1.58. The molecule has 2 rings (SSSR count). The Labute approximate surface area is 106 Å². The quantitative estimate of drug-likeness (QED) is 0.892. The highest BCUT2D eigenvalue weighted by atomic mass is 32.2. The minimum Gasteiger partial charge on any atom is -0.496 e. The minimum atomic E-state index is -0.0463. The van der Waals surface area contributed by atoms with Crippen molar-refractivity contribution in [1.82, 2.24) is 5.32 Å². The average Bonchev–Trinajstić information content (AvgIpc) is 2.89. The van der Waals surface area contributed by atoms with Gasteiger partial charge in [0, 0.05) is 11.8 Å². The number of thioether (sulfide) groups is 1. The molecule has 0 saturated carbocycles. The molecule has 1 aromatic rings. The van der Waals surface area contributed by atoms with Gasteiger partial charge in [0.15, 0.2) is 0 Å². The maximum Gasteiger partial charge on any atom is 0.255 e. The van der Waals surface area contributed by atoms with E-state index in [-0.39, 0.29) is 5.91 Å². The van der Waals surface area contributed by atoms with Crippen molar-refractivity contribution in [2.45, 2.75) is 18.1 Å². The van der Waals surface area contributed by atoms with E-state index in [2.05, 4.69) is 5.32 Å². The monoisotopic (exact) mass is 251 g/mol. The van der Waals surface area contributed by atoms with Crippen molar-refractivity contribution in [3.63, 3.8) is 0 Å². The molecule has 3 nitrogen and oxygen atoms in total. The van der Waals surface area contributed by atoms with Crippen molar-refractivity contribution in [1.29, 1.82) is 0 Å². The summed E-state index contributed by atoms with van der Waals surface area (Å²) in [5.74, 6) is 1.80. The lowest BCUT2D eigenvalue weighted by molar-refractivity contribution is 0.0950. The first-order chi connectivity index (χ1) is 8.31. The zero-order chi connectivity index (χ0) is 12.1. The molecule has 1 atom stereocenters. The number of methoxy groups -OCH3 is 1. The van der Waals surface area contributed by atoms with Crippen molar-refractivity contribution in [2.24, 2.45) is 0 Å². The van der Waals surface area contributed by atoms with Gasteiger partial charge >= 0.3 is 0 Å². The van der Waals surface area contributed by atoms with Crippen molar-refractivity contribution < 1.29 is 9.53 Å². The van der Waals surface area contributed by atoms with Crippen LogP contribution >= 0.6 is 11.8 Å².